The van der Waals surface area contributed by atoms with Crippen LogP contribution in [0.4, 0.5) is 0 Å². The van der Waals surface area contributed by atoms with Gasteiger partial charge in [-0.2, -0.15) is 0 Å². The molecule has 0 saturated carbocycles. The molecule has 0 aliphatic carbocycles. The number of carbonyl (C=O) groups excluding carboxylic acids is 1. The molecule has 0 atom stereocenters. The Morgan fingerprint density at radius 3 is 2.67 bits per heavy atom. The number of carbonyl (C=O) groups is 1. The first-order chi connectivity index (χ1) is 11.6. The lowest BCUT2D eigenvalue weighted by Gasteiger charge is -2.06. The highest BCUT2D eigenvalue weighted by molar-refractivity contribution is 5.98. The van der Waals surface area contributed by atoms with Crippen molar-refractivity contribution < 1.29 is 4.79 Å². The number of nitrogens with zero attached hydrogens (tertiary/aromatic N) is 1. The van der Waals surface area contributed by atoms with Crippen molar-refractivity contribution in [2.45, 2.75) is 19.8 Å². The Hall–Kier alpha value is -2.82. The van der Waals surface area contributed by atoms with E-state index >= 15 is 0 Å². The van der Waals surface area contributed by atoms with Crippen LogP contribution in [0.3, 0.4) is 0 Å². The van der Waals surface area contributed by atoms with Crippen LogP contribution < -0.4 is 10.9 Å². The first kappa shape index (κ1) is 16.1. The molecule has 3 rings (SSSR count). The summed E-state index contributed by atoms with van der Waals surface area (Å²) in [4.78, 5) is 27.4. The maximum Gasteiger partial charge on any atom is 0.274 e. The van der Waals surface area contributed by atoms with Crippen LogP contribution in [0.5, 0.6) is 0 Å². The van der Waals surface area contributed by atoms with Crippen LogP contribution in [0.2, 0.25) is 0 Å². The molecule has 0 aliphatic rings. The van der Waals surface area contributed by atoms with Gasteiger partial charge in [0.1, 0.15) is 11.2 Å². The molecule has 0 unspecified atom stereocenters. The summed E-state index contributed by atoms with van der Waals surface area (Å²) < 4.78 is 1.57. The molecule has 0 saturated heterocycles. The maximum atomic E-state index is 12.3. The molecule has 0 bridgehead atoms. The molecule has 124 valence electrons. The van der Waals surface area contributed by atoms with E-state index in [9.17, 15) is 9.59 Å². The zero-order valence-corrected chi connectivity index (χ0v) is 13.9. The molecule has 3 aromatic rings. The van der Waals surface area contributed by atoms with Crippen molar-refractivity contribution in [3.05, 3.63) is 69.8 Å². The van der Waals surface area contributed by atoms with Gasteiger partial charge in [0.05, 0.1) is 0 Å². The number of aromatic amines is 1. The van der Waals surface area contributed by atoms with Gasteiger partial charge in [-0.15, -0.1) is 0 Å². The van der Waals surface area contributed by atoms with Crippen LogP contribution in [0.1, 0.15) is 28.5 Å². The summed E-state index contributed by atoms with van der Waals surface area (Å²) in [6.07, 6.45) is 3.56. The molecule has 2 heterocycles. The Bertz CT molecular complexity index is 923. The van der Waals surface area contributed by atoms with Crippen molar-refractivity contribution in [1.29, 1.82) is 0 Å². The summed E-state index contributed by atoms with van der Waals surface area (Å²) in [5.74, 6) is -0.190. The van der Waals surface area contributed by atoms with Crippen LogP contribution in [0.15, 0.2) is 47.4 Å². The topological polar surface area (TPSA) is 66.9 Å². The van der Waals surface area contributed by atoms with E-state index in [4.69, 9.17) is 0 Å². The van der Waals surface area contributed by atoms with Gasteiger partial charge < -0.3 is 14.9 Å². The van der Waals surface area contributed by atoms with Gasteiger partial charge in [-0.05, 0) is 37.0 Å². The van der Waals surface area contributed by atoms with Gasteiger partial charge in [-0.3, -0.25) is 9.59 Å². The predicted molar refractivity (Wildman–Crippen MR) is 95.4 cm³/mol. The molecule has 5 heteroatoms. The number of hydrogen-bond acceptors (Lipinski definition) is 2. The Morgan fingerprint density at radius 2 is 1.96 bits per heavy atom. The molecular formula is C19H21N3O2. The molecule has 24 heavy (non-hydrogen) atoms. The van der Waals surface area contributed by atoms with E-state index in [-0.39, 0.29) is 11.5 Å². The molecule has 1 amide bonds. The van der Waals surface area contributed by atoms with E-state index in [0.717, 1.165) is 23.8 Å². The van der Waals surface area contributed by atoms with Gasteiger partial charge in [0, 0.05) is 25.2 Å². The van der Waals surface area contributed by atoms with Crippen LogP contribution >= 0.6 is 0 Å². The van der Waals surface area contributed by atoms with Crippen molar-refractivity contribution in [2.24, 2.45) is 7.05 Å². The zero-order valence-electron chi connectivity index (χ0n) is 13.9. The van der Waals surface area contributed by atoms with Gasteiger partial charge in [-0.25, -0.2) is 0 Å². The smallest absolute Gasteiger partial charge is 0.274 e. The van der Waals surface area contributed by atoms with E-state index in [1.807, 2.05) is 31.3 Å². The van der Waals surface area contributed by atoms with Crippen LogP contribution in [0, 0.1) is 0 Å². The zero-order chi connectivity index (χ0) is 17.1. The fourth-order valence-corrected chi connectivity index (χ4v) is 2.92. The minimum atomic E-state index is -0.190. The number of benzene rings is 1. The number of hydrogen-bond donors (Lipinski definition) is 2. The third-order valence-electron chi connectivity index (χ3n) is 4.16. The van der Waals surface area contributed by atoms with Crippen molar-refractivity contribution in [1.82, 2.24) is 14.9 Å². The number of rotatable bonds is 5. The largest absolute Gasteiger partial charge is 0.351 e. The summed E-state index contributed by atoms with van der Waals surface area (Å²) in [5.41, 5.74) is 3.10. The quantitative estimate of drug-likeness (QED) is 0.757. The molecule has 2 aromatic heterocycles. The van der Waals surface area contributed by atoms with Gasteiger partial charge in [0.25, 0.3) is 11.5 Å². The summed E-state index contributed by atoms with van der Waals surface area (Å²) in [7, 11) is 1.74. The molecule has 1 aromatic carbocycles. The second-order valence-corrected chi connectivity index (χ2v) is 5.89. The molecule has 0 radical (unpaired) electrons. The summed E-state index contributed by atoms with van der Waals surface area (Å²) in [6, 6.07) is 12.0. The normalized spacial score (nSPS) is 10.9. The van der Waals surface area contributed by atoms with Gasteiger partial charge in [0.15, 0.2) is 0 Å². The van der Waals surface area contributed by atoms with Crippen molar-refractivity contribution in [2.75, 3.05) is 6.54 Å². The van der Waals surface area contributed by atoms with E-state index in [1.165, 1.54) is 5.56 Å². The summed E-state index contributed by atoms with van der Waals surface area (Å²) in [5, 5.41) is 3.58. The van der Waals surface area contributed by atoms with Crippen molar-refractivity contribution in [3.63, 3.8) is 0 Å². The lowest BCUT2D eigenvalue weighted by atomic mass is 10.0. The molecular weight excluding hydrogens is 302 g/mol. The second kappa shape index (κ2) is 6.74. The Kier molecular flexibility index (Phi) is 4.51. The number of nitrogens with one attached hydrogen (secondary N) is 2. The molecule has 2 N–H and O–H groups in total. The van der Waals surface area contributed by atoms with Crippen LogP contribution in [-0.4, -0.2) is 22.0 Å². The van der Waals surface area contributed by atoms with E-state index in [0.29, 0.717) is 17.8 Å². The van der Waals surface area contributed by atoms with Gasteiger partial charge >= 0.3 is 0 Å². The number of pyridine rings is 1. The Labute approximate surface area is 140 Å². The SMILES string of the molecule is CCNC(=O)c1cc2c(CCc3ccccc3)cn(C)c(=O)c2[nH]1. The van der Waals surface area contributed by atoms with E-state index in [1.54, 1.807) is 17.7 Å². The standard InChI is InChI=1S/C19H21N3O2/c1-3-20-18(23)16-11-15-14(10-9-13-7-5-4-6-8-13)12-22(2)19(24)17(15)21-16/h4-8,11-12,21H,3,9-10H2,1-2H3,(H,20,23). The van der Waals surface area contributed by atoms with Gasteiger partial charge in [-0.1, -0.05) is 30.3 Å². The highest BCUT2D eigenvalue weighted by Crippen LogP contribution is 2.19. The molecule has 5 nitrogen and oxygen atoms in total. The fraction of sp³-hybridized carbons (Fsp3) is 0.263. The minimum absolute atomic E-state index is 0.121. The molecule has 0 spiro atoms. The predicted octanol–water partition coefficient (Wildman–Crippen LogP) is 2.40. The number of H-pyrrole nitrogens is 1. The third-order valence-corrected chi connectivity index (χ3v) is 4.16. The fourth-order valence-electron chi connectivity index (χ4n) is 2.92. The monoisotopic (exact) mass is 323 g/mol. The van der Waals surface area contributed by atoms with Crippen molar-refractivity contribution >= 4 is 16.8 Å². The lowest BCUT2D eigenvalue weighted by molar-refractivity contribution is 0.0951. The van der Waals surface area contributed by atoms with Crippen LogP contribution in [0.25, 0.3) is 10.9 Å². The Morgan fingerprint density at radius 1 is 1.21 bits per heavy atom. The summed E-state index contributed by atoms with van der Waals surface area (Å²) in [6.45, 7) is 2.41. The maximum absolute atomic E-state index is 12.3. The third kappa shape index (κ3) is 3.11. The number of fused-ring (bicyclic) bond motifs is 1. The number of amides is 1. The average molecular weight is 323 g/mol. The first-order valence-electron chi connectivity index (χ1n) is 8.13. The minimum Gasteiger partial charge on any atom is -0.351 e. The lowest BCUT2D eigenvalue weighted by Crippen LogP contribution is -2.23. The number of aromatic nitrogens is 2. The second-order valence-electron chi connectivity index (χ2n) is 5.89. The highest BCUT2D eigenvalue weighted by atomic mass is 16.2. The van der Waals surface area contributed by atoms with E-state index < -0.39 is 0 Å². The van der Waals surface area contributed by atoms with E-state index in [2.05, 4.69) is 22.4 Å². The first-order valence-corrected chi connectivity index (χ1v) is 8.13. The summed E-state index contributed by atoms with van der Waals surface area (Å²) >= 11 is 0. The van der Waals surface area contributed by atoms with Crippen molar-refractivity contribution in [3.8, 4) is 0 Å². The molecule has 0 fully saturated rings. The average Bonchev–Trinajstić information content (AvgIpc) is 3.04. The van der Waals surface area contributed by atoms with Gasteiger partial charge in [0.2, 0.25) is 0 Å². The highest BCUT2D eigenvalue weighted by Gasteiger charge is 2.14. The Balaban J connectivity index is 1.99. The van der Waals surface area contributed by atoms with Crippen LogP contribution in [-0.2, 0) is 19.9 Å². The number of aryl methyl sites for hydroxylation is 3. The molecule has 0 aliphatic heterocycles.